The van der Waals surface area contributed by atoms with Gasteiger partial charge in [0, 0.05) is 0 Å². The van der Waals surface area contributed by atoms with E-state index in [1.807, 2.05) is 13.8 Å². The van der Waals surface area contributed by atoms with Crippen molar-refractivity contribution in [1.82, 2.24) is 4.98 Å². The molecular formula is C10H11F4NS. The van der Waals surface area contributed by atoms with Crippen molar-refractivity contribution in [3.8, 4) is 0 Å². The van der Waals surface area contributed by atoms with Gasteiger partial charge in [-0.25, -0.2) is 8.78 Å². The molecule has 0 radical (unpaired) electrons. The quantitative estimate of drug-likeness (QED) is 0.460. The zero-order chi connectivity index (χ0) is 12.3. The van der Waals surface area contributed by atoms with E-state index in [9.17, 15) is 17.6 Å². The average Bonchev–Trinajstić information content (AvgIpc) is 2.20. The van der Waals surface area contributed by atoms with Gasteiger partial charge in [-0.05, 0) is 18.1 Å². The van der Waals surface area contributed by atoms with Crippen LogP contribution in [0.3, 0.4) is 0 Å². The third-order valence-corrected chi connectivity index (χ3v) is 2.99. The number of thioether (sulfide) groups is 1. The van der Waals surface area contributed by atoms with Crippen molar-refractivity contribution in [2.24, 2.45) is 5.92 Å². The molecule has 0 saturated heterocycles. The summed E-state index contributed by atoms with van der Waals surface area (Å²) in [6.45, 7) is 3.89. The molecule has 0 bridgehead atoms. The molecule has 0 N–H and O–H groups in total. The topological polar surface area (TPSA) is 12.9 Å². The second kappa shape index (κ2) is 5.52. The fourth-order valence-corrected chi connectivity index (χ4v) is 2.21. The summed E-state index contributed by atoms with van der Waals surface area (Å²) in [6.07, 6.45) is 0.703. The van der Waals surface area contributed by atoms with Crippen molar-refractivity contribution in [3.63, 3.8) is 0 Å². The van der Waals surface area contributed by atoms with Crippen molar-refractivity contribution >= 4 is 11.8 Å². The van der Waals surface area contributed by atoms with Crippen LogP contribution in [0, 0.1) is 29.4 Å². The minimum absolute atomic E-state index is 0.357. The van der Waals surface area contributed by atoms with Gasteiger partial charge in [-0.1, -0.05) is 13.8 Å². The Kier molecular flexibility index (Phi) is 4.58. The first-order chi connectivity index (χ1) is 7.43. The molecule has 90 valence electrons. The van der Waals surface area contributed by atoms with Crippen LogP contribution >= 0.6 is 11.8 Å². The Morgan fingerprint density at radius 1 is 1.06 bits per heavy atom. The third kappa shape index (κ3) is 3.10. The minimum Gasteiger partial charge on any atom is -0.201 e. The molecule has 0 spiro atoms. The Bertz CT molecular complexity index is 355. The van der Waals surface area contributed by atoms with E-state index in [2.05, 4.69) is 4.98 Å². The second-order valence-corrected chi connectivity index (χ2v) is 4.79. The number of pyridine rings is 1. The lowest BCUT2D eigenvalue weighted by Gasteiger charge is -2.07. The Balaban J connectivity index is 2.86. The zero-order valence-corrected chi connectivity index (χ0v) is 9.68. The number of hydrogen-bond acceptors (Lipinski definition) is 2. The molecular weight excluding hydrogens is 242 g/mol. The lowest BCUT2D eigenvalue weighted by molar-refractivity contribution is 0.383. The molecule has 0 fully saturated rings. The SMILES string of the molecule is CC(C)CCSc1c(F)c(F)nc(F)c1F. The van der Waals surface area contributed by atoms with E-state index < -0.39 is 28.4 Å². The standard InChI is InChI=1S/C10H11F4NS/c1-5(2)3-4-16-8-6(11)9(13)15-10(14)7(8)12/h5H,3-4H2,1-2H3. The van der Waals surface area contributed by atoms with Gasteiger partial charge in [0.25, 0.3) is 11.9 Å². The largest absolute Gasteiger partial charge is 0.252 e. The van der Waals surface area contributed by atoms with Gasteiger partial charge in [0.1, 0.15) is 0 Å². The fourth-order valence-electron chi connectivity index (χ4n) is 0.991. The minimum atomic E-state index is -1.61. The van der Waals surface area contributed by atoms with E-state index >= 15 is 0 Å². The average molecular weight is 253 g/mol. The van der Waals surface area contributed by atoms with Crippen LogP contribution in [0.5, 0.6) is 0 Å². The van der Waals surface area contributed by atoms with Gasteiger partial charge in [-0.2, -0.15) is 13.8 Å². The predicted octanol–water partition coefficient (Wildman–Crippen LogP) is 3.78. The Morgan fingerprint density at radius 2 is 1.56 bits per heavy atom. The van der Waals surface area contributed by atoms with Crippen LogP contribution in [0.2, 0.25) is 0 Å². The summed E-state index contributed by atoms with van der Waals surface area (Å²) in [5, 5.41) is 0. The molecule has 0 unspecified atom stereocenters. The van der Waals surface area contributed by atoms with Gasteiger partial charge in [0.2, 0.25) is 0 Å². The summed E-state index contributed by atoms with van der Waals surface area (Å²) in [4.78, 5) is 1.85. The number of aromatic nitrogens is 1. The molecule has 1 nitrogen and oxygen atoms in total. The Labute approximate surface area is 95.3 Å². The summed E-state index contributed by atoms with van der Waals surface area (Å²) in [5.41, 5.74) is 0. The zero-order valence-electron chi connectivity index (χ0n) is 8.86. The van der Waals surface area contributed by atoms with E-state index in [1.54, 1.807) is 0 Å². The van der Waals surface area contributed by atoms with Crippen molar-refractivity contribution in [2.75, 3.05) is 5.75 Å². The van der Waals surface area contributed by atoms with Gasteiger partial charge in [0.05, 0.1) is 4.90 Å². The van der Waals surface area contributed by atoms with Crippen molar-refractivity contribution < 1.29 is 17.6 Å². The molecule has 0 aliphatic heterocycles. The van der Waals surface area contributed by atoms with E-state index in [1.165, 1.54) is 0 Å². The van der Waals surface area contributed by atoms with E-state index in [-0.39, 0.29) is 0 Å². The normalized spacial score (nSPS) is 11.2. The number of rotatable bonds is 4. The van der Waals surface area contributed by atoms with Gasteiger partial charge in [0.15, 0.2) is 11.6 Å². The fraction of sp³-hybridized carbons (Fsp3) is 0.500. The van der Waals surface area contributed by atoms with E-state index in [0.717, 1.165) is 11.8 Å². The molecule has 1 aromatic rings. The first kappa shape index (κ1) is 13.3. The molecule has 1 aromatic heterocycles. The highest BCUT2D eigenvalue weighted by Gasteiger charge is 2.20. The van der Waals surface area contributed by atoms with Crippen LogP contribution in [0.25, 0.3) is 0 Å². The van der Waals surface area contributed by atoms with Gasteiger partial charge in [-0.15, -0.1) is 11.8 Å². The van der Waals surface area contributed by atoms with Crippen LogP contribution in [0.1, 0.15) is 20.3 Å². The molecule has 0 saturated carbocycles. The van der Waals surface area contributed by atoms with Crippen LogP contribution in [0.4, 0.5) is 17.6 Å². The van der Waals surface area contributed by atoms with Gasteiger partial charge >= 0.3 is 0 Å². The summed E-state index contributed by atoms with van der Waals surface area (Å²) in [5.74, 6) is -5.30. The second-order valence-electron chi connectivity index (χ2n) is 3.68. The maximum atomic E-state index is 13.1. The number of nitrogens with zero attached hydrogens (tertiary/aromatic N) is 1. The number of hydrogen-bond donors (Lipinski definition) is 0. The Hall–Kier alpha value is -0.780. The lowest BCUT2D eigenvalue weighted by atomic mass is 10.2. The van der Waals surface area contributed by atoms with Crippen molar-refractivity contribution in [2.45, 2.75) is 25.2 Å². The van der Waals surface area contributed by atoms with Gasteiger partial charge in [-0.3, -0.25) is 0 Å². The molecule has 0 amide bonds. The first-order valence-corrected chi connectivity index (χ1v) is 5.74. The highest BCUT2D eigenvalue weighted by atomic mass is 32.2. The molecule has 0 aliphatic carbocycles. The predicted molar refractivity (Wildman–Crippen MR) is 54.2 cm³/mol. The van der Waals surface area contributed by atoms with Gasteiger partial charge < -0.3 is 0 Å². The summed E-state index contributed by atoms with van der Waals surface area (Å²) in [7, 11) is 0. The van der Waals surface area contributed by atoms with E-state index in [0.29, 0.717) is 18.1 Å². The number of halogens is 4. The van der Waals surface area contributed by atoms with Crippen LogP contribution < -0.4 is 0 Å². The molecule has 1 heterocycles. The monoisotopic (exact) mass is 253 g/mol. The summed E-state index contributed by atoms with van der Waals surface area (Å²) >= 11 is 0.760. The summed E-state index contributed by atoms with van der Waals surface area (Å²) < 4.78 is 51.6. The molecule has 1 rings (SSSR count). The maximum absolute atomic E-state index is 13.1. The summed E-state index contributed by atoms with van der Waals surface area (Å²) in [6, 6.07) is 0. The van der Waals surface area contributed by atoms with E-state index in [4.69, 9.17) is 0 Å². The third-order valence-electron chi connectivity index (χ3n) is 1.90. The highest BCUT2D eigenvalue weighted by Crippen LogP contribution is 2.28. The van der Waals surface area contributed by atoms with Crippen LogP contribution in [0.15, 0.2) is 4.90 Å². The maximum Gasteiger partial charge on any atom is 0.252 e. The van der Waals surface area contributed by atoms with Crippen LogP contribution in [-0.2, 0) is 0 Å². The molecule has 16 heavy (non-hydrogen) atoms. The smallest absolute Gasteiger partial charge is 0.201 e. The molecule has 0 aromatic carbocycles. The molecule has 6 heteroatoms. The lowest BCUT2D eigenvalue weighted by Crippen LogP contribution is -2.02. The van der Waals surface area contributed by atoms with Crippen molar-refractivity contribution in [1.29, 1.82) is 0 Å². The van der Waals surface area contributed by atoms with Crippen LogP contribution in [-0.4, -0.2) is 10.7 Å². The molecule has 0 atom stereocenters. The molecule has 0 aliphatic rings. The highest BCUT2D eigenvalue weighted by molar-refractivity contribution is 7.99. The first-order valence-electron chi connectivity index (χ1n) is 4.76. The van der Waals surface area contributed by atoms with Crippen molar-refractivity contribution in [3.05, 3.63) is 23.5 Å². The Morgan fingerprint density at radius 3 is 2.00 bits per heavy atom.